The Kier molecular flexibility index (Phi) is 7.59. The number of halogens is 2. The first-order valence-corrected chi connectivity index (χ1v) is 6.73. The SMILES string of the molecule is CC(C)(CC(O)C(=O)Cl)OOC(C)(C)CC(O)C(=O)Cl. The summed E-state index contributed by atoms with van der Waals surface area (Å²) >= 11 is 10.3. The summed E-state index contributed by atoms with van der Waals surface area (Å²) in [5, 5.41) is 17.0. The highest BCUT2D eigenvalue weighted by Gasteiger charge is 2.33. The molecule has 0 saturated carbocycles. The first kappa shape index (κ1) is 19.8. The first-order valence-electron chi connectivity index (χ1n) is 5.98. The minimum Gasteiger partial charge on any atom is -0.384 e. The Morgan fingerprint density at radius 2 is 1.15 bits per heavy atom. The second-order valence-electron chi connectivity index (χ2n) is 5.73. The molecule has 118 valence electrons. The molecule has 0 aliphatic heterocycles. The molecule has 8 heteroatoms. The Morgan fingerprint density at radius 3 is 1.35 bits per heavy atom. The van der Waals surface area contributed by atoms with E-state index in [1.165, 1.54) is 0 Å². The normalized spacial score (nSPS) is 15.8. The predicted octanol–water partition coefficient (Wildman–Crippen LogP) is 1.52. The van der Waals surface area contributed by atoms with E-state index in [4.69, 9.17) is 33.0 Å². The van der Waals surface area contributed by atoms with Crippen LogP contribution >= 0.6 is 23.2 Å². The highest BCUT2D eigenvalue weighted by atomic mass is 35.5. The lowest BCUT2D eigenvalue weighted by Gasteiger charge is -2.31. The summed E-state index contributed by atoms with van der Waals surface area (Å²) in [6.07, 6.45) is -2.87. The number of aliphatic hydroxyl groups excluding tert-OH is 2. The Hall–Kier alpha value is -0.240. The van der Waals surface area contributed by atoms with Gasteiger partial charge >= 0.3 is 0 Å². The molecule has 0 bridgehead atoms. The van der Waals surface area contributed by atoms with Crippen molar-refractivity contribution in [1.29, 1.82) is 0 Å². The maximum Gasteiger partial charge on any atom is 0.250 e. The van der Waals surface area contributed by atoms with Gasteiger partial charge < -0.3 is 10.2 Å². The molecule has 0 saturated heterocycles. The lowest BCUT2D eigenvalue weighted by atomic mass is 10.0. The zero-order chi connectivity index (χ0) is 16.1. The maximum absolute atomic E-state index is 10.8. The second kappa shape index (κ2) is 7.68. The zero-order valence-corrected chi connectivity index (χ0v) is 13.4. The quantitative estimate of drug-likeness (QED) is 0.378. The fourth-order valence-corrected chi connectivity index (χ4v) is 1.54. The summed E-state index contributed by atoms with van der Waals surface area (Å²) in [5.74, 6) is 0. The Balaban J connectivity index is 4.43. The van der Waals surface area contributed by atoms with Crippen LogP contribution in [0.4, 0.5) is 0 Å². The summed E-state index contributed by atoms with van der Waals surface area (Å²) in [6.45, 7) is 6.37. The van der Waals surface area contributed by atoms with Gasteiger partial charge in [-0.1, -0.05) is 0 Å². The smallest absolute Gasteiger partial charge is 0.250 e. The molecular weight excluding hydrogens is 311 g/mol. The molecule has 0 rings (SSSR count). The van der Waals surface area contributed by atoms with E-state index in [1.54, 1.807) is 27.7 Å². The van der Waals surface area contributed by atoms with Crippen molar-refractivity contribution in [3.63, 3.8) is 0 Å². The van der Waals surface area contributed by atoms with Crippen molar-refractivity contribution in [2.24, 2.45) is 0 Å². The summed E-state index contributed by atoms with van der Waals surface area (Å²) < 4.78 is 0. The highest BCUT2D eigenvalue weighted by molar-refractivity contribution is 6.64. The van der Waals surface area contributed by atoms with Crippen LogP contribution in [-0.2, 0) is 19.4 Å². The van der Waals surface area contributed by atoms with Crippen molar-refractivity contribution in [1.82, 2.24) is 0 Å². The summed E-state index contributed by atoms with van der Waals surface area (Å²) in [5.41, 5.74) is -1.98. The van der Waals surface area contributed by atoms with E-state index in [2.05, 4.69) is 0 Å². The molecule has 2 unspecified atom stereocenters. The van der Waals surface area contributed by atoms with Crippen molar-refractivity contribution in [2.75, 3.05) is 0 Å². The Bertz CT molecular complexity index is 322. The summed E-state index contributed by atoms with van der Waals surface area (Å²) in [4.78, 5) is 31.9. The van der Waals surface area contributed by atoms with E-state index >= 15 is 0 Å². The van der Waals surface area contributed by atoms with E-state index in [9.17, 15) is 19.8 Å². The third-order valence-electron chi connectivity index (χ3n) is 2.39. The van der Waals surface area contributed by atoms with Gasteiger partial charge in [0.15, 0.2) is 0 Å². The van der Waals surface area contributed by atoms with E-state index in [0.29, 0.717) is 0 Å². The van der Waals surface area contributed by atoms with E-state index in [1.807, 2.05) is 0 Å². The monoisotopic (exact) mass is 330 g/mol. The number of carbonyl (C=O) groups is 2. The lowest BCUT2D eigenvalue weighted by Crippen LogP contribution is -2.38. The first-order chi connectivity index (χ1) is 8.86. The largest absolute Gasteiger partial charge is 0.384 e. The average Bonchev–Trinajstić information content (AvgIpc) is 2.25. The standard InChI is InChI=1S/C12H20Cl2O6/c1-11(2,5-7(15)9(13)17)19-20-12(3,4)6-8(16)10(14)18/h7-8,15-16H,5-6H2,1-4H3. The summed E-state index contributed by atoms with van der Waals surface area (Å²) in [6, 6.07) is 0. The van der Waals surface area contributed by atoms with Crippen molar-refractivity contribution >= 4 is 33.7 Å². The van der Waals surface area contributed by atoms with Gasteiger partial charge in [-0.3, -0.25) is 9.59 Å². The van der Waals surface area contributed by atoms with Gasteiger partial charge in [-0.15, -0.1) is 0 Å². The van der Waals surface area contributed by atoms with Crippen LogP contribution in [0, 0.1) is 0 Å². The fraction of sp³-hybridized carbons (Fsp3) is 0.833. The molecule has 0 aromatic heterocycles. The average molecular weight is 331 g/mol. The number of hydrogen-bond acceptors (Lipinski definition) is 6. The van der Waals surface area contributed by atoms with Crippen molar-refractivity contribution in [3.05, 3.63) is 0 Å². The molecule has 0 aliphatic carbocycles. The third-order valence-corrected chi connectivity index (χ3v) is 2.89. The van der Waals surface area contributed by atoms with Gasteiger partial charge in [-0.05, 0) is 50.9 Å². The van der Waals surface area contributed by atoms with Gasteiger partial charge in [-0.25, -0.2) is 9.78 Å². The molecule has 0 aromatic rings. The van der Waals surface area contributed by atoms with Crippen LogP contribution in [0.1, 0.15) is 40.5 Å². The molecule has 2 N–H and O–H groups in total. The number of aliphatic hydroxyl groups is 2. The third kappa shape index (κ3) is 8.14. The van der Waals surface area contributed by atoms with Crippen molar-refractivity contribution in [3.8, 4) is 0 Å². The topological polar surface area (TPSA) is 93.1 Å². The lowest BCUT2D eigenvalue weighted by molar-refractivity contribution is -0.405. The molecule has 20 heavy (non-hydrogen) atoms. The molecule has 0 aliphatic rings. The predicted molar refractivity (Wildman–Crippen MR) is 73.3 cm³/mol. The molecule has 6 nitrogen and oxygen atoms in total. The molecule has 0 spiro atoms. The van der Waals surface area contributed by atoms with Gasteiger partial charge in [0.25, 0.3) is 0 Å². The minimum atomic E-state index is -1.37. The number of rotatable bonds is 9. The van der Waals surface area contributed by atoms with Crippen LogP contribution < -0.4 is 0 Å². The van der Waals surface area contributed by atoms with Gasteiger partial charge in [0, 0.05) is 12.8 Å². The molecular formula is C12H20Cl2O6. The van der Waals surface area contributed by atoms with Crippen LogP contribution in [0.2, 0.25) is 0 Å². The zero-order valence-electron chi connectivity index (χ0n) is 11.9. The number of carbonyl (C=O) groups excluding carboxylic acids is 2. The van der Waals surface area contributed by atoms with Crippen LogP contribution in [0.5, 0.6) is 0 Å². The Morgan fingerprint density at radius 1 is 0.900 bits per heavy atom. The minimum absolute atomic E-state index is 0.0671. The van der Waals surface area contributed by atoms with Crippen LogP contribution in [0.3, 0.4) is 0 Å². The molecule has 0 aromatic carbocycles. The van der Waals surface area contributed by atoms with Crippen LogP contribution in [0.15, 0.2) is 0 Å². The number of hydrogen-bond donors (Lipinski definition) is 2. The Labute approximate surface area is 127 Å². The molecule has 0 amide bonds. The van der Waals surface area contributed by atoms with E-state index in [-0.39, 0.29) is 12.8 Å². The fourth-order valence-electron chi connectivity index (χ4n) is 1.39. The maximum atomic E-state index is 10.8. The van der Waals surface area contributed by atoms with Gasteiger partial charge in [0.1, 0.15) is 23.4 Å². The van der Waals surface area contributed by atoms with Gasteiger partial charge in [0.2, 0.25) is 10.5 Å². The van der Waals surface area contributed by atoms with Crippen LogP contribution in [0.25, 0.3) is 0 Å². The molecule has 0 radical (unpaired) electrons. The summed E-state index contributed by atoms with van der Waals surface area (Å²) in [7, 11) is 0. The highest BCUT2D eigenvalue weighted by Crippen LogP contribution is 2.25. The van der Waals surface area contributed by atoms with E-state index in [0.717, 1.165) is 0 Å². The second-order valence-corrected chi connectivity index (χ2v) is 6.48. The van der Waals surface area contributed by atoms with Crippen LogP contribution in [-0.4, -0.2) is 44.1 Å². The molecule has 0 heterocycles. The van der Waals surface area contributed by atoms with E-state index < -0.39 is 33.9 Å². The molecule has 0 fully saturated rings. The van der Waals surface area contributed by atoms with Crippen molar-refractivity contribution in [2.45, 2.75) is 63.9 Å². The van der Waals surface area contributed by atoms with Crippen molar-refractivity contribution < 1.29 is 29.6 Å². The van der Waals surface area contributed by atoms with Gasteiger partial charge in [0.05, 0.1) is 0 Å². The van der Waals surface area contributed by atoms with Gasteiger partial charge in [-0.2, -0.15) is 0 Å². The molecule has 2 atom stereocenters.